The van der Waals surface area contributed by atoms with Gasteiger partial charge >= 0.3 is 0 Å². The Balaban J connectivity index is 0.00000245. The van der Waals surface area contributed by atoms with Crippen molar-refractivity contribution in [2.24, 2.45) is 0 Å². The second-order valence-corrected chi connectivity index (χ2v) is 8.36. The number of benzene rings is 2. The van der Waals surface area contributed by atoms with Crippen LogP contribution in [0.25, 0.3) is 10.2 Å². The van der Waals surface area contributed by atoms with E-state index in [0.29, 0.717) is 66.4 Å². The second-order valence-electron chi connectivity index (χ2n) is 7.35. The Morgan fingerprint density at radius 2 is 1.88 bits per heavy atom. The van der Waals surface area contributed by atoms with Crippen LogP contribution in [0.4, 0.5) is 9.52 Å². The lowest BCUT2D eigenvalue weighted by atomic mass is 10.1. The maximum atomic E-state index is 14.2. The SMILES string of the molecule is Cl.O=C(c1ccc2c(c1)OCCO2)N(CCN1CCOCC1)c1nc2c(F)cccc2s1. The van der Waals surface area contributed by atoms with E-state index in [1.54, 1.807) is 29.2 Å². The zero-order chi connectivity index (χ0) is 21.2. The summed E-state index contributed by atoms with van der Waals surface area (Å²) in [6.07, 6.45) is 0. The number of para-hydroxylation sites is 1. The number of aromatic nitrogens is 1. The molecule has 3 heterocycles. The molecule has 1 aromatic heterocycles. The maximum Gasteiger partial charge on any atom is 0.260 e. The molecule has 0 atom stereocenters. The molecular formula is C22H23ClFN3O4S. The first kappa shape index (κ1) is 22.7. The van der Waals surface area contributed by atoms with Crippen LogP contribution in [-0.4, -0.2) is 68.4 Å². The Hall–Kier alpha value is -2.46. The standard InChI is InChI=1S/C22H22FN3O4S.ClH/c23-16-2-1-3-19-20(16)24-22(31-19)26(7-6-25-8-10-28-11-9-25)21(27)15-4-5-17-18(14-15)30-13-12-29-17;/h1-5,14H,6-13H2;1H. The third-order valence-corrected chi connectivity index (χ3v) is 6.41. The highest BCUT2D eigenvalue weighted by molar-refractivity contribution is 7.22. The van der Waals surface area contributed by atoms with Crippen LogP contribution in [0.3, 0.4) is 0 Å². The number of halogens is 2. The molecule has 170 valence electrons. The Morgan fingerprint density at radius 3 is 2.66 bits per heavy atom. The summed E-state index contributed by atoms with van der Waals surface area (Å²) >= 11 is 1.31. The minimum atomic E-state index is -0.389. The lowest BCUT2D eigenvalue weighted by Crippen LogP contribution is -2.43. The highest BCUT2D eigenvalue weighted by Gasteiger charge is 2.25. The third-order valence-electron chi connectivity index (χ3n) is 5.37. The fourth-order valence-electron chi connectivity index (χ4n) is 3.70. The molecule has 7 nitrogen and oxygen atoms in total. The number of anilines is 1. The number of fused-ring (bicyclic) bond motifs is 2. The van der Waals surface area contributed by atoms with E-state index < -0.39 is 0 Å². The van der Waals surface area contributed by atoms with Crippen LogP contribution in [0.15, 0.2) is 36.4 Å². The molecule has 2 aliphatic heterocycles. The van der Waals surface area contributed by atoms with Crippen molar-refractivity contribution in [1.29, 1.82) is 0 Å². The van der Waals surface area contributed by atoms with Gasteiger partial charge in [-0.15, -0.1) is 12.4 Å². The van der Waals surface area contributed by atoms with Crippen molar-refractivity contribution in [3.63, 3.8) is 0 Å². The van der Waals surface area contributed by atoms with Gasteiger partial charge in [0.05, 0.1) is 17.9 Å². The van der Waals surface area contributed by atoms with E-state index in [4.69, 9.17) is 14.2 Å². The first-order valence-electron chi connectivity index (χ1n) is 10.3. The molecule has 1 amide bonds. The van der Waals surface area contributed by atoms with Gasteiger partial charge in [-0.05, 0) is 30.3 Å². The van der Waals surface area contributed by atoms with Crippen LogP contribution in [-0.2, 0) is 4.74 Å². The molecule has 5 rings (SSSR count). The Morgan fingerprint density at radius 1 is 1.09 bits per heavy atom. The molecule has 10 heteroatoms. The summed E-state index contributed by atoms with van der Waals surface area (Å²) in [4.78, 5) is 21.9. The topological polar surface area (TPSA) is 64.1 Å². The van der Waals surface area contributed by atoms with Crippen molar-refractivity contribution in [2.45, 2.75) is 0 Å². The van der Waals surface area contributed by atoms with Crippen LogP contribution in [0.5, 0.6) is 11.5 Å². The molecular weight excluding hydrogens is 457 g/mol. The van der Waals surface area contributed by atoms with Crippen molar-refractivity contribution >= 4 is 45.0 Å². The monoisotopic (exact) mass is 479 g/mol. The molecule has 0 radical (unpaired) electrons. The van der Waals surface area contributed by atoms with Gasteiger partial charge in [-0.3, -0.25) is 14.6 Å². The van der Waals surface area contributed by atoms with Gasteiger partial charge < -0.3 is 14.2 Å². The number of carbonyl (C=O) groups excluding carboxylic acids is 1. The van der Waals surface area contributed by atoms with Crippen LogP contribution >= 0.6 is 23.7 Å². The first-order chi connectivity index (χ1) is 15.2. The molecule has 0 saturated carbocycles. The Labute approximate surface area is 195 Å². The summed E-state index contributed by atoms with van der Waals surface area (Å²) in [5, 5.41) is 0.480. The average molecular weight is 480 g/mol. The van der Waals surface area contributed by atoms with E-state index in [0.717, 1.165) is 13.1 Å². The molecule has 1 saturated heterocycles. The van der Waals surface area contributed by atoms with Crippen molar-refractivity contribution in [1.82, 2.24) is 9.88 Å². The molecule has 0 spiro atoms. The summed E-state index contributed by atoms with van der Waals surface area (Å²) in [5.41, 5.74) is 0.764. The van der Waals surface area contributed by atoms with Crippen molar-refractivity contribution in [2.75, 3.05) is 57.5 Å². The number of hydrogen-bond acceptors (Lipinski definition) is 7. The lowest BCUT2D eigenvalue weighted by molar-refractivity contribution is 0.0391. The predicted molar refractivity (Wildman–Crippen MR) is 123 cm³/mol. The minimum Gasteiger partial charge on any atom is -0.486 e. The highest BCUT2D eigenvalue weighted by Crippen LogP contribution is 2.34. The fraction of sp³-hybridized carbons (Fsp3) is 0.364. The van der Waals surface area contributed by atoms with E-state index in [-0.39, 0.29) is 29.6 Å². The first-order valence-corrected chi connectivity index (χ1v) is 11.1. The van der Waals surface area contributed by atoms with Crippen LogP contribution < -0.4 is 14.4 Å². The normalized spacial score (nSPS) is 15.9. The molecule has 0 unspecified atom stereocenters. The van der Waals surface area contributed by atoms with Crippen molar-refractivity contribution in [3.8, 4) is 11.5 Å². The van der Waals surface area contributed by atoms with E-state index in [2.05, 4.69) is 9.88 Å². The van der Waals surface area contributed by atoms with Gasteiger partial charge in [-0.25, -0.2) is 9.37 Å². The third kappa shape index (κ3) is 4.66. The minimum absolute atomic E-state index is 0. The van der Waals surface area contributed by atoms with Gasteiger partial charge in [0.15, 0.2) is 16.6 Å². The number of amides is 1. The number of carbonyl (C=O) groups is 1. The van der Waals surface area contributed by atoms with Gasteiger partial charge in [-0.2, -0.15) is 0 Å². The summed E-state index contributed by atoms with van der Waals surface area (Å²) < 4.78 is 31.6. The molecule has 3 aromatic rings. The molecule has 0 aliphatic carbocycles. The molecule has 32 heavy (non-hydrogen) atoms. The largest absolute Gasteiger partial charge is 0.486 e. The zero-order valence-corrected chi connectivity index (χ0v) is 18.9. The molecule has 2 aromatic carbocycles. The van der Waals surface area contributed by atoms with Gasteiger partial charge in [-0.1, -0.05) is 17.4 Å². The predicted octanol–water partition coefficient (Wildman–Crippen LogP) is 3.61. The number of rotatable bonds is 5. The highest BCUT2D eigenvalue weighted by atomic mass is 35.5. The summed E-state index contributed by atoms with van der Waals surface area (Å²) in [6, 6.07) is 10.0. The van der Waals surface area contributed by atoms with E-state index >= 15 is 0 Å². The number of thiazole rings is 1. The van der Waals surface area contributed by atoms with Gasteiger partial charge in [0, 0.05) is 31.7 Å². The van der Waals surface area contributed by atoms with Gasteiger partial charge in [0.25, 0.3) is 5.91 Å². The van der Waals surface area contributed by atoms with E-state index in [1.807, 2.05) is 6.07 Å². The molecule has 0 bridgehead atoms. The fourth-order valence-corrected chi connectivity index (χ4v) is 4.71. The average Bonchev–Trinajstić information content (AvgIpc) is 3.25. The van der Waals surface area contributed by atoms with Crippen LogP contribution in [0.1, 0.15) is 10.4 Å². The van der Waals surface area contributed by atoms with E-state index in [1.165, 1.54) is 17.4 Å². The van der Waals surface area contributed by atoms with Gasteiger partial charge in [0.1, 0.15) is 24.5 Å². The number of hydrogen-bond donors (Lipinski definition) is 0. The Bertz CT molecular complexity index is 1110. The molecule has 0 N–H and O–H groups in total. The number of morpholine rings is 1. The van der Waals surface area contributed by atoms with Crippen molar-refractivity contribution < 1.29 is 23.4 Å². The summed E-state index contributed by atoms with van der Waals surface area (Å²) in [6.45, 7) is 5.06. The number of nitrogens with zero attached hydrogens (tertiary/aromatic N) is 3. The molecule has 2 aliphatic rings. The lowest BCUT2D eigenvalue weighted by Gasteiger charge is -2.29. The number of ether oxygens (including phenoxy) is 3. The summed E-state index contributed by atoms with van der Waals surface area (Å²) in [7, 11) is 0. The second kappa shape index (κ2) is 9.99. The van der Waals surface area contributed by atoms with Crippen molar-refractivity contribution in [3.05, 3.63) is 47.8 Å². The molecule has 1 fully saturated rings. The van der Waals surface area contributed by atoms with Crippen LogP contribution in [0.2, 0.25) is 0 Å². The quantitative estimate of drug-likeness (QED) is 0.557. The smallest absolute Gasteiger partial charge is 0.260 e. The summed E-state index contributed by atoms with van der Waals surface area (Å²) in [5.74, 6) is 0.593. The van der Waals surface area contributed by atoms with Gasteiger partial charge in [0.2, 0.25) is 0 Å². The van der Waals surface area contributed by atoms with E-state index in [9.17, 15) is 9.18 Å². The maximum absolute atomic E-state index is 14.2. The Kier molecular flexibility index (Phi) is 7.10. The zero-order valence-electron chi connectivity index (χ0n) is 17.3. The van der Waals surface area contributed by atoms with Crippen LogP contribution in [0, 0.1) is 5.82 Å².